The van der Waals surface area contributed by atoms with Crippen LogP contribution in [0.15, 0.2) is 12.2 Å². The molecule has 4 atom stereocenters. The smallest absolute Gasteiger partial charge is 0.338 e. The van der Waals surface area contributed by atoms with Crippen molar-refractivity contribution in [2.75, 3.05) is 0 Å². The Morgan fingerprint density at radius 2 is 2.20 bits per heavy atom. The quantitative estimate of drug-likeness (QED) is 0.436. The summed E-state index contributed by atoms with van der Waals surface area (Å²) in [7, 11) is 0. The fourth-order valence-electron chi connectivity index (χ4n) is 1.50. The van der Waals surface area contributed by atoms with E-state index in [1.165, 1.54) is 12.2 Å². The molecule has 1 saturated heterocycles. The lowest BCUT2D eigenvalue weighted by Crippen LogP contribution is -2.29. The molecule has 5 heteroatoms. The molecule has 0 spiro atoms. The van der Waals surface area contributed by atoms with Crippen LogP contribution in [0, 0.1) is 0 Å². The predicted octanol–water partition coefficient (Wildman–Crippen LogP) is -0.425. The molecule has 0 aromatic heterocycles. The summed E-state index contributed by atoms with van der Waals surface area (Å²) in [5.74, 6) is -0.812. The van der Waals surface area contributed by atoms with E-state index >= 15 is 0 Å². The molecule has 2 aliphatic heterocycles. The minimum atomic E-state index is -1.11. The first-order valence-electron chi connectivity index (χ1n) is 4.84. The standard InChI is InChI=1S/C10H12O5/c1-5-4-7(12)6(11)2-3-8-9(15-8)10(13)14-5/h2-3,5,7-9,12H,4H2,1H3/b3-2+/t5-,7-,8-,9-/m0/s1. The van der Waals surface area contributed by atoms with E-state index in [-0.39, 0.29) is 18.3 Å². The van der Waals surface area contributed by atoms with E-state index in [2.05, 4.69) is 0 Å². The number of epoxide rings is 1. The number of carbonyl (C=O) groups is 2. The van der Waals surface area contributed by atoms with Gasteiger partial charge in [-0.25, -0.2) is 4.79 Å². The van der Waals surface area contributed by atoms with Gasteiger partial charge in [-0.1, -0.05) is 0 Å². The van der Waals surface area contributed by atoms with Crippen molar-refractivity contribution in [2.24, 2.45) is 0 Å². The molecule has 0 saturated carbocycles. The summed E-state index contributed by atoms with van der Waals surface area (Å²) >= 11 is 0. The van der Waals surface area contributed by atoms with Crippen molar-refractivity contribution in [3.05, 3.63) is 12.2 Å². The van der Waals surface area contributed by atoms with Crippen LogP contribution in [0.1, 0.15) is 13.3 Å². The third-order valence-electron chi connectivity index (χ3n) is 2.41. The Bertz CT molecular complexity index is 322. The van der Waals surface area contributed by atoms with Gasteiger partial charge in [0.2, 0.25) is 0 Å². The highest BCUT2D eigenvalue weighted by atomic mass is 16.6. The van der Waals surface area contributed by atoms with Gasteiger partial charge in [-0.15, -0.1) is 0 Å². The fraction of sp³-hybridized carbons (Fsp3) is 0.600. The lowest BCUT2D eigenvalue weighted by Gasteiger charge is -2.15. The second-order valence-electron chi connectivity index (χ2n) is 3.78. The van der Waals surface area contributed by atoms with Gasteiger partial charge >= 0.3 is 5.97 Å². The van der Waals surface area contributed by atoms with Crippen LogP contribution in [-0.2, 0) is 19.1 Å². The summed E-state index contributed by atoms with van der Waals surface area (Å²) in [5.41, 5.74) is 0. The minimum absolute atomic E-state index is 0.117. The zero-order chi connectivity index (χ0) is 11.0. The first-order valence-corrected chi connectivity index (χ1v) is 4.84. The maximum Gasteiger partial charge on any atom is 0.338 e. The summed E-state index contributed by atoms with van der Waals surface area (Å²) < 4.78 is 9.99. The van der Waals surface area contributed by atoms with Gasteiger partial charge < -0.3 is 14.6 Å². The highest BCUT2D eigenvalue weighted by Gasteiger charge is 2.45. The van der Waals surface area contributed by atoms with Crippen LogP contribution >= 0.6 is 0 Å². The van der Waals surface area contributed by atoms with E-state index < -0.39 is 24.3 Å². The average molecular weight is 212 g/mol. The number of ketones is 1. The third kappa shape index (κ3) is 2.24. The minimum Gasteiger partial charge on any atom is -0.461 e. The normalized spacial score (nSPS) is 42.8. The van der Waals surface area contributed by atoms with E-state index in [0.29, 0.717) is 0 Å². The van der Waals surface area contributed by atoms with E-state index in [1.54, 1.807) is 6.92 Å². The molecule has 15 heavy (non-hydrogen) atoms. The number of hydrogen-bond acceptors (Lipinski definition) is 5. The van der Waals surface area contributed by atoms with Crippen LogP contribution < -0.4 is 0 Å². The number of esters is 1. The Hall–Kier alpha value is -1.20. The van der Waals surface area contributed by atoms with Crippen LogP contribution in [0.5, 0.6) is 0 Å². The number of ether oxygens (including phenoxy) is 2. The largest absolute Gasteiger partial charge is 0.461 e. The number of carbonyl (C=O) groups excluding carboxylic acids is 2. The summed E-state index contributed by atoms with van der Waals surface area (Å²) in [6.45, 7) is 1.64. The van der Waals surface area contributed by atoms with Crippen LogP contribution in [0.25, 0.3) is 0 Å². The van der Waals surface area contributed by atoms with Gasteiger partial charge in [0.05, 0.1) is 0 Å². The molecule has 82 valence electrons. The maximum absolute atomic E-state index is 11.3. The molecule has 0 bridgehead atoms. The highest BCUT2D eigenvalue weighted by molar-refractivity contribution is 5.93. The molecular weight excluding hydrogens is 200 g/mol. The van der Waals surface area contributed by atoms with Crippen molar-refractivity contribution < 1.29 is 24.2 Å². The SMILES string of the molecule is C[C@H]1C[C@H](O)C(=O)/C=C/[C@@H]2O[C@@H]2C(=O)O1. The molecule has 2 rings (SSSR count). The van der Waals surface area contributed by atoms with E-state index in [9.17, 15) is 14.7 Å². The average Bonchev–Trinajstić information content (AvgIpc) is 2.91. The van der Waals surface area contributed by atoms with Crippen LogP contribution in [0.3, 0.4) is 0 Å². The lowest BCUT2D eigenvalue weighted by molar-refractivity contribution is -0.151. The number of cyclic esters (lactones) is 1. The van der Waals surface area contributed by atoms with Crippen LogP contribution in [0.4, 0.5) is 0 Å². The van der Waals surface area contributed by atoms with Gasteiger partial charge in [-0.05, 0) is 19.1 Å². The zero-order valence-electron chi connectivity index (χ0n) is 8.25. The van der Waals surface area contributed by atoms with Crippen LogP contribution in [-0.4, -0.2) is 41.3 Å². The molecule has 1 N–H and O–H groups in total. The highest BCUT2D eigenvalue weighted by Crippen LogP contribution is 2.26. The topological polar surface area (TPSA) is 76.1 Å². The first kappa shape index (κ1) is 10.3. The van der Waals surface area contributed by atoms with Gasteiger partial charge in [0, 0.05) is 6.42 Å². The van der Waals surface area contributed by atoms with Gasteiger partial charge in [0.15, 0.2) is 11.9 Å². The van der Waals surface area contributed by atoms with E-state index in [1.807, 2.05) is 0 Å². The van der Waals surface area contributed by atoms with Crippen molar-refractivity contribution in [1.82, 2.24) is 0 Å². The zero-order valence-corrected chi connectivity index (χ0v) is 8.25. The Kier molecular flexibility index (Phi) is 2.58. The number of aliphatic hydroxyl groups excluding tert-OH is 1. The fourth-order valence-corrected chi connectivity index (χ4v) is 1.50. The first-order chi connectivity index (χ1) is 7.08. The Morgan fingerprint density at radius 1 is 1.47 bits per heavy atom. The molecule has 0 aromatic rings. The Labute approximate surface area is 86.7 Å². The molecular formula is C10H12O5. The van der Waals surface area contributed by atoms with Gasteiger partial charge in [0.1, 0.15) is 18.3 Å². The summed E-state index contributed by atoms with van der Waals surface area (Å²) in [6.07, 6.45) is 0.318. The number of hydrogen-bond donors (Lipinski definition) is 1. The van der Waals surface area contributed by atoms with Gasteiger partial charge in [0.25, 0.3) is 0 Å². The van der Waals surface area contributed by atoms with Crippen LogP contribution in [0.2, 0.25) is 0 Å². The number of fused-ring (bicyclic) bond motifs is 1. The number of aliphatic hydroxyl groups is 1. The molecule has 5 nitrogen and oxygen atoms in total. The maximum atomic E-state index is 11.3. The molecule has 0 amide bonds. The van der Waals surface area contributed by atoms with Gasteiger partial charge in [-0.3, -0.25) is 4.79 Å². The molecule has 0 aromatic carbocycles. The van der Waals surface area contributed by atoms with Crippen molar-refractivity contribution in [1.29, 1.82) is 0 Å². The second kappa shape index (κ2) is 3.75. The summed E-state index contributed by atoms with van der Waals surface area (Å²) in [4.78, 5) is 22.6. The monoisotopic (exact) mass is 212 g/mol. The Morgan fingerprint density at radius 3 is 2.93 bits per heavy atom. The third-order valence-corrected chi connectivity index (χ3v) is 2.41. The second-order valence-corrected chi connectivity index (χ2v) is 3.78. The van der Waals surface area contributed by atoms with E-state index in [0.717, 1.165) is 0 Å². The lowest BCUT2D eigenvalue weighted by atomic mass is 10.1. The summed E-state index contributed by atoms with van der Waals surface area (Å²) in [5, 5.41) is 9.42. The molecule has 0 unspecified atom stereocenters. The van der Waals surface area contributed by atoms with Crippen molar-refractivity contribution in [2.45, 2.75) is 37.8 Å². The molecule has 0 radical (unpaired) electrons. The summed E-state index contributed by atoms with van der Waals surface area (Å²) in [6, 6.07) is 0. The Balaban J connectivity index is 2.12. The predicted molar refractivity (Wildman–Crippen MR) is 49.0 cm³/mol. The van der Waals surface area contributed by atoms with Crippen molar-refractivity contribution in [3.63, 3.8) is 0 Å². The van der Waals surface area contributed by atoms with E-state index in [4.69, 9.17) is 9.47 Å². The molecule has 2 heterocycles. The van der Waals surface area contributed by atoms with Gasteiger partial charge in [-0.2, -0.15) is 0 Å². The number of rotatable bonds is 0. The molecule has 0 aliphatic carbocycles. The van der Waals surface area contributed by atoms with Crippen molar-refractivity contribution in [3.8, 4) is 0 Å². The van der Waals surface area contributed by atoms with Crippen molar-refractivity contribution >= 4 is 11.8 Å². The molecule has 1 fully saturated rings. The molecule has 2 aliphatic rings.